The lowest BCUT2D eigenvalue weighted by Crippen LogP contribution is -2.38. The first-order valence-corrected chi connectivity index (χ1v) is 7.03. The Kier molecular flexibility index (Phi) is 3.49. The van der Waals surface area contributed by atoms with E-state index in [1.807, 2.05) is 43.4 Å². The van der Waals surface area contributed by atoms with Crippen LogP contribution in [0.4, 0.5) is 0 Å². The first-order valence-electron chi connectivity index (χ1n) is 6.21. The van der Waals surface area contributed by atoms with Crippen LogP contribution in [-0.2, 0) is 6.54 Å². The molecule has 6 heteroatoms. The smallest absolute Gasteiger partial charge is 0.275 e. The summed E-state index contributed by atoms with van der Waals surface area (Å²) in [6.45, 7) is 0.664. The van der Waals surface area contributed by atoms with Crippen LogP contribution < -0.4 is 5.43 Å². The monoisotopic (exact) mass is 286 g/mol. The Balaban J connectivity index is 1.65. The summed E-state index contributed by atoms with van der Waals surface area (Å²) in [5.74, 6) is -0.0990. The molecule has 20 heavy (non-hydrogen) atoms. The molecule has 3 rings (SSSR count). The summed E-state index contributed by atoms with van der Waals surface area (Å²) in [5.41, 5.74) is 4.02. The van der Waals surface area contributed by atoms with Crippen molar-refractivity contribution in [3.8, 4) is 0 Å². The molecule has 102 valence electrons. The largest absolute Gasteiger partial charge is 0.284 e. The molecule has 0 atom stereocenters. The number of hydrogen-bond acceptors (Lipinski definition) is 4. The Labute approximate surface area is 120 Å². The average molecular weight is 286 g/mol. The Morgan fingerprint density at radius 1 is 1.40 bits per heavy atom. The number of nitrogens with zero attached hydrogens (tertiary/aromatic N) is 2. The Morgan fingerprint density at radius 3 is 2.95 bits per heavy atom. The lowest BCUT2D eigenvalue weighted by Gasteiger charge is -2.17. The van der Waals surface area contributed by atoms with Crippen LogP contribution >= 0.6 is 11.3 Å². The summed E-state index contributed by atoms with van der Waals surface area (Å²) in [4.78, 5) is 13.7. The summed E-state index contributed by atoms with van der Waals surface area (Å²) >= 11 is 1.40. The number of hydrogen-bond donors (Lipinski definition) is 2. The average Bonchev–Trinajstić information content (AvgIpc) is 3.00. The van der Waals surface area contributed by atoms with Gasteiger partial charge in [-0.3, -0.25) is 15.3 Å². The second-order valence-electron chi connectivity index (χ2n) is 4.55. The molecule has 0 radical (unpaired) electrons. The van der Waals surface area contributed by atoms with Crippen LogP contribution in [0.3, 0.4) is 0 Å². The Hall–Kier alpha value is -2.18. The number of amides is 1. The standard InChI is InChI=1S/C14H14N4OS/c1-18(9-10-5-3-2-4-6-10)17-13(19)12-7-11-8-15-16-14(11)20-12/h2-8H,9H2,1H3,(H,15,16)(H,17,19). The molecule has 5 nitrogen and oxygen atoms in total. The van der Waals surface area contributed by atoms with Crippen LogP contribution in [0, 0.1) is 0 Å². The highest BCUT2D eigenvalue weighted by Gasteiger charge is 2.12. The van der Waals surface area contributed by atoms with Crippen LogP contribution in [0.15, 0.2) is 42.6 Å². The van der Waals surface area contributed by atoms with Crippen molar-refractivity contribution >= 4 is 27.5 Å². The van der Waals surface area contributed by atoms with Gasteiger partial charge in [-0.2, -0.15) is 5.10 Å². The fourth-order valence-corrected chi connectivity index (χ4v) is 2.86. The zero-order chi connectivity index (χ0) is 13.9. The van der Waals surface area contributed by atoms with E-state index in [2.05, 4.69) is 15.6 Å². The topological polar surface area (TPSA) is 61.0 Å². The molecule has 0 unspecified atom stereocenters. The predicted molar refractivity (Wildman–Crippen MR) is 79.3 cm³/mol. The van der Waals surface area contributed by atoms with Crippen LogP contribution in [-0.4, -0.2) is 28.2 Å². The number of H-pyrrole nitrogens is 1. The van der Waals surface area contributed by atoms with Gasteiger partial charge in [-0.25, -0.2) is 5.01 Å². The number of benzene rings is 1. The molecular formula is C14H14N4OS. The van der Waals surface area contributed by atoms with Gasteiger partial charge < -0.3 is 0 Å². The van der Waals surface area contributed by atoms with Crippen LogP contribution in [0.1, 0.15) is 15.2 Å². The van der Waals surface area contributed by atoms with E-state index in [1.165, 1.54) is 11.3 Å². The summed E-state index contributed by atoms with van der Waals surface area (Å²) in [5, 5.41) is 9.53. The number of aromatic amines is 1. The van der Waals surface area contributed by atoms with E-state index < -0.39 is 0 Å². The van der Waals surface area contributed by atoms with Crippen molar-refractivity contribution in [3.63, 3.8) is 0 Å². The van der Waals surface area contributed by atoms with Gasteiger partial charge in [0.25, 0.3) is 5.91 Å². The molecule has 0 aliphatic heterocycles. The highest BCUT2D eigenvalue weighted by atomic mass is 32.1. The van der Waals surface area contributed by atoms with Gasteiger partial charge >= 0.3 is 0 Å². The summed E-state index contributed by atoms with van der Waals surface area (Å²) < 4.78 is 0. The molecule has 0 saturated heterocycles. The van der Waals surface area contributed by atoms with E-state index in [9.17, 15) is 4.79 Å². The molecule has 1 aromatic carbocycles. The van der Waals surface area contributed by atoms with Crippen LogP contribution in [0.5, 0.6) is 0 Å². The van der Waals surface area contributed by atoms with E-state index in [-0.39, 0.29) is 5.91 Å². The lowest BCUT2D eigenvalue weighted by atomic mass is 10.2. The second-order valence-corrected chi connectivity index (χ2v) is 5.60. The maximum absolute atomic E-state index is 12.1. The number of fused-ring (bicyclic) bond motifs is 1. The number of aromatic nitrogens is 2. The first kappa shape index (κ1) is 12.8. The normalized spacial score (nSPS) is 11.1. The SMILES string of the molecule is CN(Cc1ccccc1)NC(=O)c1cc2cn[nH]c2s1. The van der Waals surface area contributed by atoms with Crippen molar-refractivity contribution in [3.05, 3.63) is 53.0 Å². The van der Waals surface area contributed by atoms with Gasteiger partial charge in [0.15, 0.2) is 0 Å². The zero-order valence-electron chi connectivity index (χ0n) is 11.0. The minimum absolute atomic E-state index is 0.0990. The molecule has 2 N–H and O–H groups in total. The second kappa shape index (κ2) is 5.44. The summed E-state index contributed by atoms with van der Waals surface area (Å²) in [6, 6.07) is 11.9. The summed E-state index contributed by atoms with van der Waals surface area (Å²) in [7, 11) is 1.85. The van der Waals surface area contributed by atoms with Crippen molar-refractivity contribution in [1.29, 1.82) is 0 Å². The van der Waals surface area contributed by atoms with Gasteiger partial charge in [0, 0.05) is 19.0 Å². The van der Waals surface area contributed by atoms with Crippen LogP contribution in [0.25, 0.3) is 10.2 Å². The first-order chi connectivity index (χ1) is 9.72. The van der Waals surface area contributed by atoms with E-state index in [0.717, 1.165) is 15.8 Å². The molecule has 2 heterocycles. The predicted octanol–water partition coefficient (Wildman–Crippen LogP) is 2.40. The molecule has 0 spiro atoms. The number of carbonyl (C=O) groups is 1. The molecule has 0 bridgehead atoms. The molecular weight excluding hydrogens is 272 g/mol. The highest BCUT2D eigenvalue weighted by molar-refractivity contribution is 7.20. The lowest BCUT2D eigenvalue weighted by molar-refractivity contribution is 0.0824. The number of hydrazine groups is 1. The minimum Gasteiger partial charge on any atom is -0.284 e. The maximum Gasteiger partial charge on any atom is 0.275 e. The van der Waals surface area contributed by atoms with Gasteiger partial charge in [-0.15, -0.1) is 11.3 Å². The quantitative estimate of drug-likeness (QED) is 0.724. The van der Waals surface area contributed by atoms with Crippen molar-refractivity contribution in [1.82, 2.24) is 20.6 Å². The maximum atomic E-state index is 12.1. The Morgan fingerprint density at radius 2 is 2.20 bits per heavy atom. The third kappa shape index (κ3) is 2.71. The molecule has 1 amide bonds. The number of carbonyl (C=O) groups excluding carboxylic acids is 1. The van der Waals surface area contributed by atoms with Gasteiger partial charge in [-0.05, 0) is 11.6 Å². The minimum atomic E-state index is -0.0990. The van der Waals surface area contributed by atoms with Gasteiger partial charge in [0.1, 0.15) is 4.83 Å². The van der Waals surface area contributed by atoms with E-state index in [0.29, 0.717) is 11.4 Å². The third-order valence-electron chi connectivity index (χ3n) is 2.91. The van der Waals surface area contributed by atoms with Gasteiger partial charge in [0.05, 0.1) is 11.1 Å². The fourth-order valence-electron chi connectivity index (χ4n) is 1.99. The molecule has 0 fully saturated rings. The van der Waals surface area contributed by atoms with Crippen molar-refractivity contribution in [2.24, 2.45) is 0 Å². The summed E-state index contributed by atoms with van der Waals surface area (Å²) in [6.07, 6.45) is 1.72. The Bertz CT molecular complexity index is 690. The molecule has 3 aromatic rings. The third-order valence-corrected chi connectivity index (χ3v) is 3.96. The van der Waals surface area contributed by atoms with Crippen molar-refractivity contribution < 1.29 is 4.79 Å². The van der Waals surface area contributed by atoms with E-state index in [4.69, 9.17) is 0 Å². The number of thiophene rings is 1. The van der Waals surface area contributed by atoms with Crippen molar-refractivity contribution in [2.45, 2.75) is 6.54 Å². The van der Waals surface area contributed by atoms with E-state index in [1.54, 1.807) is 11.2 Å². The molecule has 0 aliphatic carbocycles. The van der Waals surface area contributed by atoms with Gasteiger partial charge in [0.2, 0.25) is 0 Å². The number of rotatable bonds is 4. The van der Waals surface area contributed by atoms with E-state index >= 15 is 0 Å². The molecule has 0 aliphatic rings. The zero-order valence-corrected chi connectivity index (χ0v) is 11.8. The fraction of sp³-hybridized carbons (Fsp3) is 0.143. The van der Waals surface area contributed by atoms with Crippen molar-refractivity contribution in [2.75, 3.05) is 7.05 Å². The number of nitrogens with one attached hydrogen (secondary N) is 2. The molecule has 2 aromatic heterocycles. The highest BCUT2D eigenvalue weighted by Crippen LogP contribution is 2.22. The molecule has 0 saturated carbocycles. The van der Waals surface area contributed by atoms with Gasteiger partial charge in [-0.1, -0.05) is 30.3 Å². The van der Waals surface area contributed by atoms with Crippen LogP contribution in [0.2, 0.25) is 0 Å².